The van der Waals surface area contributed by atoms with Crippen molar-refractivity contribution in [2.24, 2.45) is 0 Å². The summed E-state index contributed by atoms with van der Waals surface area (Å²) in [6.45, 7) is 8.28. The van der Waals surface area contributed by atoms with Gasteiger partial charge in [0.05, 0.1) is 12.7 Å². The zero-order valence-corrected chi connectivity index (χ0v) is 9.21. The zero-order chi connectivity index (χ0) is 9.84. The first-order valence-electron chi connectivity index (χ1n) is 5.09. The molecule has 0 aromatic carbocycles. The summed E-state index contributed by atoms with van der Waals surface area (Å²) >= 11 is 0. The van der Waals surface area contributed by atoms with Gasteiger partial charge in [-0.3, -0.25) is 4.90 Å². The summed E-state index contributed by atoms with van der Waals surface area (Å²) in [5, 5.41) is 0. The van der Waals surface area contributed by atoms with Crippen molar-refractivity contribution < 1.29 is 4.74 Å². The summed E-state index contributed by atoms with van der Waals surface area (Å²) in [5.74, 6) is 0. The first-order valence-corrected chi connectivity index (χ1v) is 5.09. The molecule has 1 aliphatic rings. The molecule has 1 fully saturated rings. The van der Waals surface area contributed by atoms with Crippen molar-refractivity contribution in [3.05, 3.63) is 11.6 Å². The monoisotopic (exact) mass is 183 g/mol. The van der Waals surface area contributed by atoms with E-state index in [1.54, 1.807) is 5.57 Å². The Labute approximate surface area is 81.6 Å². The van der Waals surface area contributed by atoms with Gasteiger partial charge in [-0.15, -0.1) is 0 Å². The summed E-state index contributed by atoms with van der Waals surface area (Å²) in [7, 11) is 2.17. The third kappa shape index (κ3) is 3.12. The molecule has 2 heteroatoms. The molecule has 0 saturated carbocycles. The molecule has 1 heterocycles. The molecule has 1 unspecified atom stereocenters. The van der Waals surface area contributed by atoms with E-state index in [4.69, 9.17) is 4.74 Å². The molecule has 1 aliphatic heterocycles. The molecule has 0 spiro atoms. The van der Waals surface area contributed by atoms with E-state index < -0.39 is 0 Å². The maximum Gasteiger partial charge on any atom is 0.0628 e. The van der Waals surface area contributed by atoms with E-state index in [1.807, 2.05) is 0 Å². The summed E-state index contributed by atoms with van der Waals surface area (Å²) in [4.78, 5) is 2.37. The lowest BCUT2D eigenvalue weighted by Gasteiger charge is -2.19. The van der Waals surface area contributed by atoms with Crippen LogP contribution >= 0.6 is 0 Å². The van der Waals surface area contributed by atoms with E-state index in [-0.39, 0.29) is 0 Å². The lowest BCUT2D eigenvalue weighted by molar-refractivity contribution is 0.0433. The van der Waals surface area contributed by atoms with Crippen molar-refractivity contribution >= 4 is 0 Å². The Morgan fingerprint density at radius 3 is 2.77 bits per heavy atom. The van der Waals surface area contributed by atoms with E-state index in [1.165, 1.54) is 6.42 Å². The molecule has 13 heavy (non-hydrogen) atoms. The second-order valence-corrected chi connectivity index (χ2v) is 4.10. The van der Waals surface area contributed by atoms with Crippen LogP contribution in [0.4, 0.5) is 0 Å². The van der Waals surface area contributed by atoms with E-state index in [0.717, 1.165) is 13.2 Å². The maximum atomic E-state index is 5.62. The van der Waals surface area contributed by atoms with Crippen molar-refractivity contribution in [2.45, 2.75) is 39.3 Å². The quantitative estimate of drug-likeness (QED) is 0.621. The minimum Gasteiger partial charge on any atom is -0.377 e. The third-order valence-electron chi connectivity index (χ3n) is 2.60. The van der Waals surface area contributed by atoms with Crippen LogP contribution in [0.2, 0.25) is 0 Å². The molecule has 0 radical (unpaired) electrons. The Morgan fingerprint density at radius 2 is 2.31 bits per heavy atom. The molecule has 0 amide bonds. The molecule has 0 bridgehead atoms. The fourth-order valence-corrected chi connectivity index (χ4v) is 1.67. The largest absolute Gasteiger partial charge is 0.377 e. The SMILES string of the molecule is C/C=C1/CC(COC(C)C)N(C)C1. The van der Waals surface area contributed by atoms with Crippen LogP contribution in [0.25, 0.3) is 0 Å². The lowest BCUT2D eigenvalue weighted by atomic mass is 10.1. The van der Waals surface area contributed by atoms with Crippen molar-refractivity contribution in [3.63, 3.8) is 0 Å². The van der Waals surface area contributed by atoms with E-state index >= 15 is 0 Å². The number of hydrogen-bond donors (Lipinski definition) is 0. The Bertz CT molecular complexity index is 187. The van der Waals surface area contributed by atoms with Crippen molar-refractivity contribution in [1.82, 2.24) is 4.90 Å². The third-order valence-corrected chi connectivity index (χ3v) is 2.60. The van der Waals surface area contributed by atoms with Gasteiger partial charge in [0.2, 0.25) is 0 Å². The minimum atomic E-state index is 0.350. The topological polar surface area (TPSA) is 12.5 Å². The fraction of sp³-hybridized carbons (Fsp3) is 0.818. The molecule has 0 N–H and O–H groups in total. The van der Waals surface area contributed by atoms with Crippen LogP contribution in [0.15, 0.2) is 11.6 Å². The van der Waals surface area contributed by atoms with Gasteiger partial charge in [-0.1, -0.05) is 11.6 Å². The molecule has 1 rings (SSSR count). The van der Waals surface area contributed by atoms with Crippen LogP contribution in [0.3, 0.4) is 0 Å². The van der Waals surface area contributed by atoms with Crippen molar-refractivity contribution in [3.8, 4) is 0 Å². The van der Waals surface area contributed by atoms with Crippen molar-refractivity contribution in [2.75, 3.05) is 20.2 Å². The predicted octanol–water partition coefficient (Wildman–Crippen LogP) is 2.06. The van der Waals surface area contributed by atoms with E-state index in [2.05, 4.69) is 38.8 Å². The molecule has 0 aromatic rings. The Kier molecular flexibility index (Phi) is 3.94. The first-order chi connectivity index (χ1) is 6.13. The molecule has 76 valence electrons. The Morgan fingerprint density at radius 1 is 1.62 bits per heavy atom. The predicted molar refractivity (Wildman–Crippen MR) is 55.9 cm³/mol. The fourth-order valence-electron chi connectivity index (χ4n) is 1.67. The normalized spacial score (nSPS) is 27.8. The van der Waals surface area contributed by atoms with Gasteiger partial charge >= 0.3 is 0 Å². The highest BCUT2D eigenvalue weighted by Gasteiger charge is 2.24. The summed E-state index contributed by atoms with van der Waals surface area (Å²) in [6.07, 6.45) is 3.76. The Hall–Kier alpha value is -0.340. The molecule has 0 aliphatic carbocycles. The zero-order valence-electron chi connectivity index (χ0n) is 9.21. The first kappa shape index (κ1) is 10.7. The van der Waals surface area contributed by atoms with Crippen LogP contribution < -0.4 is 0 Å². The van der Waals surface area contributed by atoms with Gasteiger partial charge in [0.25, 0.3) is 0 Å². The molecular weight excluding hydrogens is 162 g/mol. The van der Waals surface area contributed by atoms with Crippen LogP contribution in [-0.2, 0) is 4.74 Å². The van der Waals surface area contributed by atoms with Gasteiger partial charge in [-0.25, -0.2) is 0 Å². The number of ether oxygens (including phenoxy) is 1. The van der Waals surface area contributed by atoms with Crippen LogP contribution in [0.5, 0.6) is 0 Å². The van der Waals surface area contributed by atoms with Gasteiger partial charge < -0.3 is 4.74 Å². The second kappa shape index (κ2) is 4.77. The molecule has 2 nitrogen and oxygen atoms in total. The summed E-state index contributed by atoms with van der Waals surface area (Å²) < 4.78 is 5.62. The van der Waals surface area contributed by atoms with Crippen LogP contribution in [0.1, 0.15) is 27.2 Å². The van der Waals surface area contributed by atoms with Gasteiger partial charge in [-0.05, 0) is 34.2 Å². The molecule has 1 atom stereocenters. The molecule has 0 aromatic heterocycles. The highest BCUT2D eigenvalue weighted by molar-refractivity contribution is 5.11. The van der Waals surface area contributed by atoms with Gasteiger partial charge in [0, 0.05) is 12.6 Å². The van der Waals surface area contributed by atoms with Crippen molar-refractivity contribution in [1.29, 1.82) is 0 Å². The summed E-state index contributed by atoms with van der Waals surface area (Å²) in [6, 6.07) is 0.591. The van der Waals surface area contributed by atoms with Crippen LogP contribution in [-0.4, -0.2) is 37.2 Å². The number of allylic oxidation sites excluding steroid dienone is 1. The highest BCUT2D eigenvalue weighted by Crippen LogP contribution is 2.20. The average molecular weight is 183 g/mol. The molecular formula is C11H21NO. The smallest absolute Gasteiger partial charge is 0.0628 e. The van der Waals surface area contributed by atoms with Crippen LogP contribution in [0, 0.1) is 0 Å². The average Bonchev–Trinajstić information content (AvgIpc) is 2.43. The minimum absolute atomic E-state index is 0.350. The number of nitrogens with zero attached hydrogens (tertiary/aromatic N) is 1. The van der Waals surface area contributed by atoms with E-state index in [9.17, 15) is 0 Å². The van der Waals surface area contributed by atoms with Gasteiger partial charge in [0.1, 0.15) is 0 Å². The van der Waals surface area contributed by atoms with Gasteiger partial charge in [-0.2, -0.15) is 0 Å². The lowest BCUT2D eigenvalue weighted by Crippen LogP contribution is -2.30. The van der Waals surface area contributed by atoms with E-state index in [0.29, 0.717) is 12.1 Å². The standard InChI is InChI=1S/C11H21NO/c1-5-10-6-11(12(4)7-10)8-13-9(2)3/h5,9,11H,6-8H2,1-4H3/b10-5-. The number of hydrogen-bond acceptors (Lipinski definition) is 2. The number of rotatable bonds is 3. The maximum absolute atomic E-state index is 5.62. The molecule has 1 saturated heterocycles. The van der Waals surface area contributed by atoms with Gasteiger partial charge in [0.15, 0.2) is 0 Å². The summed E-state index contributed by atoms with van der Waals surface area (Å²) in [5.41, 5.74) is 1.54. The number of likely N-dealkylation sites (tertiary alicyclic amines) is 1. The number of likely N-dealkylation sites (N-methyl/N-ethyl adjacent to an activating group) is 1. The highest BCUT2D eigenvalue weighted by atomic mass is 16.5. The Balaban J connectivity index is 2.35. The second-order valence-electron chi connectivity index (χ2n) is 4.10.